The number of nitrogens with zero attached hydrogens (tertiary/aromatic N) is 6. The quantitative estimate of drug-likeness (QED) is 0.272. The Kier molecular flexibility index (Phi) is 7.61. The van der Waals surface area contributed by atoms with Crippen molar-refractivity contribution in [2.24, 2.45) is 5.92 Å². The number of piperidine rings is 1. The Morgan fingerprint density at radius 3 is 2.70 bits per heavy atom. The van der Waals surface area contributed by atoms with Crippen molar-refractivity contribution in [2.45, 2.75) is 44.6 Å². The van der Waals surface area contributed by atoms with Crippen molar-refractivity contribution in [3.05, 3.63) is 53.3 Å². The third-order valence-electron chi connectivity index (χ3n) is 9.33. The number of carboxylic acid groups (broad SMARTS) is 1. The van der Waals surface area contributed by atoms with Gasteiger partial charge in [0.15, 0.2) is 17.2 Å². The Balaban J connectivity index is 1.23. The first-order valence-corrected chi connectivity index (χ1v) is 16.2. The number of aliphatic carboxylic acids is 1. The van der Waals surface area contributed by atoms with Crippen molar-refractivity contribution >= 4 is 62.4 Å². The largest absolute Gasteiger partial charge is 0.480 e. The number of benzene rings is 2. The number of imidazole rings is 1. The molecular formula is C33H33ClN6O7. The highest BCUT2D eigenvalue weighted by Crippen LogP contribution is 2.39. The summed E-state index contributed by atoms with van der Waals surface area (Å²) in [4.78, 5) is 43.7. The molecule has 244 valence electrons. The Morgan fingerprint density at radius 1 is 1.04 bits per heavy atom. The fourth-order valence-electron chi connectivity index (χ4n) is 7.11. The number of aromatic nitrogens is 4. The molecule has 0 saturated carbocycles. The average Bonchev–Trinajstić information content (AvgIpc) is 3.75. The zero-order chi connectivity index (χ0) is 32.2. The van der Waals surface area contributed by atoms with Crippen LogP contribution in [0.4, 0.5) is 5.82 Å². The van der Waals surface area contributed by atoms with Gasteiger partial charge >= 0.3 is 5.97 Å². The van der Waals surface area contributed by atoms with Crippen LogP contribution in [-0.2, 0) is 25.7 Å². The van der Waals surface area contributed by atoms with Gasteiger partial charge in [-0.2, -0.15) is 4.98 Å². The van der Waals surface area contributed by atoms with Crippen molar-refractivity contribution in [1.82, 2.24) is 24.4 Å². The van der Waals surface area contributed by atoms with Crippen molar-refractivity contribution in [3.8, 4) is 6.01 Å². The molecule has 5 aromatic rings. The molecule has 1 N–H and O–H groups in total. The smallest absolute Gasteiger partial charge is 0.326 e. The molecule has 2 saturated heterocycles. The minimum Gasteiger partial charge on any atom is -0.480 e. The van der Waals surface area contributed by atoms with Gasteiger partial charge < -0.3 is 33.5 Å². The molecule has 0 radical (unpaired) electrons. The average molecular weight is 661 g/mol. The molecule has 3 aromatic heterocycles. The summed E-state index contributed by atoms with van der Waals surface area (Å²) in [5.74, 6) is -0.266. The summed E-state index contributed by atoms with van der Waals surface area (Å²) in [5, 5.41) is 11.8. The molecule has 14 heteroatoms. The van der Waals surface area contributed by atoms with Crippen LogP contribution in [0.15, 0.2) is 46.9 Å². The van der Waals surface area contributed by atoms with Gasteiger partial charge in [-0.15, -0.1) is 0 Å². The van der Waals surface area contributed by atoms with Gasteiger partial charge in [-0.3, -0.25) is 9.36 Å². The first-order chi connectivity index (χ1) is 22.8. The molecule has 47 heavy (non-hydrogen) atoms. The third kappa shape index (κ3) is 5.41. The van der Waals surface area contributed by atoms with Crippen LogP contribution in [0.3, 0.4) is 0 Å². The Hall–Kier alpha value is -4.46. The van der Waals surface area contributed by atoms with Gasteiger partial charge in [-0.1, -0.05) is 30.7 Å². The molecule has 4 atom stereocenters. The zero-order valence-corrected chi connectivity index (χ0v) is 26.4. The van der Waals surface area contributed by atoms with Crippen molar-refractivity contribution in [1.29, 1.82) is 0 Å². The monoisotopic (exact) mass is 660 g/mol. The van der Waals surface area contributed by atoms with E-state index in [4.69, 9.17) is 45.2 Å². The number of furan rings is 1. The number of rotatable bonds is 1. The molecule has 13 nitrogen and oxygen atoms in total. The second kappa shape index (κ2) is 12.0. The van der Waals surface area contributed by atoms with E-state index in [1.165, 1.54) is 0 Å². The predicted molar refractivity (Wildman–Crippen MR) is 172 cm³/mol. The number of amides is 1. The number of hydrogen-bond acceptors (Lipinski definition) is 10. The number of halogens is 1. The number of carbonyl (C=O) groups excluding carboxylic acids is 1. The molecule has 0 aliphatic carbocycles. The maximum atomic E-state index is 13.1. The van der Waals surface area contributed by atoms with Gasteiger partial charge in [-0.05, 0) is 42.7 Å². The van der Waals surface area contributed by atoms with Crippen LogP contribution < -0.4 is 9.64 Å². The lowest BCUT2D eigenvalue weighted by atomic mass is 9.93. The van der Waals surface area contributed by atoms with E-state index in [1.54, 1.807) is 11.0 Å². The van der Waals surface area contributed by atoms with Gasteiger partial charge in [0.05, 0.1) is 30.8 Å². The highest BCUT2D eigenvalue weighted by molar-refractivity contribution is 6.31. The molecule has 0 spiro atoms. The van der Waals surface area contributed by atoms with Crippen LogP contribution in [0, 0.1) is 5.92 Å². The van der Waals surface area contributed by atoms with Gasteiger partial charge in [0.25, 0.3) is 6.01 Å². The molecule has 1 amide bonds. The number of anilines is 1. The van der Waals surface area contributed by atoms with Crippen molar-refractivity contribution in [3.63, 3.8) is 0 Å². The van der Waals surface area contributed by atoms with Crippen LogP contribution in [0.5, 0.6) is 6.01 Å². The van der Waals surface area contributed by atoms with E-state index in [1.807, 2.05) is 41.3 Å². The summed E-state index contributed by atoms with van der Waals surface area (Å²) in [6.45, 7) is 3.91. The van der Waals surface area contributed by atoms with Crippen LogP contribution in [-0.4, -0.2) is 93.0 Å². The molecule has 9 rings (SSSR count). The first kappa shape index (κ1) is 29.9. The topological polar surface area (TPSA) is 145 Å². The van der Waals surface area contributed by atoms with Gasteiger partial charge in [0, 0.05) is 36.0 Å². The summed E-state index contributed by atoms with van der Waals surface area (Å²) in [5.41, 5.74) is 3.12. The summed E-state index contributed by atoms with van der Waals surface area (Å²) in [6.07, 6.45) is 0.343. The highest BCUT2D eigenvalue weighted by atomic mass is 35.5. The van der Waals surface area contributed by atoms with Crippen molar-refractivity contribution < 1.29 is 33.3 Å². The van der Waals surface area contributed by atoms with E-state index in [0.29, 0.717) is 64.4 Å². The molecule has 6 bridgehead atoms. The third-order valence-corrected chi connectivity index (χ3v) is 9.57. The van der Waals surface area contributed by atoms with E-state index >= 15 is 0 Å². The van der Waals surface area contributed by atoms with Gasteiger partial charge in [0.1, 0.15) is 36.5 Å². The van der Waals surface area contributed by atoms with E-state index in [2.05, 4.69) is 11.5 Å². The van der Waals surface area contributed by atoms with Crippen molar-refractivity contribution in [2.75, 3.05) is 44.4 Å². The second-order valence-electron chi connectivity index (χ2n) is 12.4. The van der Waals surface area contributed by atoms with E-state index < -0.39 is 18.1 Å². The molecule has 4 aliphatic heterocycles. The maximum Gasteiger partial charge on any atom is 0.326 e. The fourth-order valence-corrected chi connectivity index (χ4v) is 7.28. The second-order valence-corrected chi connectivity index (χ2v) is 12.8. The predicted octanol–water partition coefficient (Wildman–Crippen LogP) is 4.45. The van der Waals surface area contributed by atoms with Crippen LogP contribution in [0.25, 0.3) is 33.1 Å². The summed E-state index contributed by atoms with van der Waals surface area (Å²) in [7, 11) is 0. The van der Waals surface area contributed by atoms with E-state index in [9.17, 15) is 14.7 Å². The number of ether oxygens (including phenoxy) is 3. The fraction of sp³-hybridized carbons (Fsp3) is 0.424. The normalized spacial score (nSPS) is 24.2. The molecular weight excluding hydrogens is 628 g/mol. The zero-order valence-electron chi connectivity index (χ0n) is 25.7. The molecule has 4 aliphatic rings. The Labute approximate surface area is 274 Å². The minimum absolute atomic E-state index is 0.0208. The minimum atomic E-state index is -1.00. The van der Waals surface area contributed by atoms with Crippen LogP contribution in [0.1, 0.15) is 31.6 Å². The molecule has 0 unspecified atom stereocenters. The lowest BCUT2D eigenvalue weighted by Gasteiger charge is -2.38. The van der Waals surface area contributed by atoms with Gasteiger partial charge in [0.2, 0.25) is 5.91 Å². The number of carbonyl (C=O) groups is 2. The van der Waals surface area contributed by atoms with Crippen LogP contribution >= 0.6 is 11.6 Å². The number of para-hydroxylation sites is 1. The standard InChI is InChI=1S/C33H33ClN6O7/c1-18-14-38-9-8-23(18)40-24-7-6-19(34)12-22(24)35-33(40)46-20-13-25(32(42)43)39(15-20)31-30-29(21-4-2-3-5-26(21)47-30)36-27(37-31)16-44-10-11-45-17-28(38)41/h2-7,12,18,20,23,25H,8-11,13-17H2,1H3,(H,42,43)/t18-,20-,23-,25-/m0/s1. The SMILES string of the molecule is C[C@H]1CN2CC[C@@H]1n1c(nc3cc(Cl)ccc31)O[C@H]1C[C@@H](C(=O)O)N(C1)c1nc(nc3c1oc1ccccc13)COCCOCC2=O. The molecule has 7 heterocycles. The van der Waals surface area contributed by atoms with E-state index in [-0.39, 0.29) is 57.3 Å². The molecule has 2 aromatic carbocycles. The lowest BCUT2D eigenvalue weighted by molar-refractivity contribution is -0.139. The summed E-state index contributed by atoms with van der Waals surface area (Å²) < 4.78 is 26.5. The molecule has 2 fully saturated rings. The Bertz CT molecular complexity index is 2010. The first-order valence-electron chi connectivity index (χ1n) is 15.8. The van der Waals surface area contributed by atoms with E-state index in [0.717, 1.165) is 10.9 Å². The lowest BCUT2D eigenvalue weighted by Crippen LogP contribution is -2.45. The maximum absolute atomic E-state index is 13.1. The summed E-state index contributed by atoms with van der Waals surface area (Å²) >= 11 is 6.36. The van der Waals surface area contributed by atoms with Gasteiger partial charge in [-0.25, -0.2) is 14.8 Å². The number of hydrogen-bond donors (Lipinski definition) is 1. The summed E-state index contributed by atoms with van der Waals surface area (Å²) in [6, 6.07) is 12.5. The number of fused-ring (bicyclic) bond motifs is 12. The van der Waals surface area contributed by atoms with Crippen LogP contribution in [0.2, 0.25) is 5.02 Å². The highest BCUT2D eigenvalue weighted by Gasteiger charge is 2.42. The number of carboxylic acids is 1. The Morgan fingerprint density at radius 2 is 1.87 bits per heavy atom.